The zero-order valence-corrected chi connectivity index (χ0v) is 17.8. The van der Waals surface area contributed by atoms with E-state index in [9.17, 15) is 0 Å². The smallest absolute Gasteiger partial charge is 0.197 e. The number of rotatable bonds is 11. The number of benzene rings is 1. The Morgan fingerprint density at radius 2 is 1.77 bits per heavy atom. The summed E-state index contributed by atoms with van der Waals surface area (Å²) < 4.78 is 11.7. The molecule has 0 spiro atoms. The van der Waals surface area contributed by atoms with Gasteiger partial charge >= 0.3 is 0 Å². The zero-order chi connectivity index (χ0) is 18.8. The third-order valence-electron chi connectivity index (χ3n) is 4.98. The van der Waals surface area contributed by atoms with Gasteiger partial charge in [0.25, 0.3) is 0 Å². The Morgan fingerprint density at radius 3 is 2.38 bits per heavy atom. The molecule has 0 saturated heterocycles. The Balaban J connectivity index is 1.68. The Bertz CT molecular complexity index is 485. The van der Waals surface area contributed by atoms with Crippen molar-refractivity contribution in [2.24, 2.45) is 5.92 Å². The SMILES string of the molecule is CNC(CC(C)C)c1ccc(OC(C)OCCSC2CCCCC2)cc1. The summed E-state index contributed by atoms with van der Waals surface area (Å²) in [6.07, 6.45) is 7.92. The molecule has 1 saturated carbocycles. The van der Waals surface area contributed by atoms with Gasteiger partial charge in [-0.3, -0.25) is 0 Å². The van der Waals surface area contributed by atoms with E-state index in [0.717, 1.165) is 29.8 Å². The van der Waals surface area contributed by atoms with Crippen LogP contribution in [0.5, 0.6) is 5.75 Å². The van der Waals surface area contributed by atoms with Gasteiger partial charge in [-0.2, -0.15) is 11.8 Å². The van der Waals surface area contributed by atoms with Crippen LogP contribution in [0.2, 0.25) is 0 Å². The van der Waals surface area contributed by atoms with Gasteiger partial charge in [-0.05, 0) is 56.8 Å². The lowest BCUT2D eigenvalue weighted by Crippen LogP contribution is -2.19. The van der Waals surface area contributed by atoms with Crippen molar-refractivity contribution in [2.75, 3.05) is 19.4 Å². The van der Waals surface area contributed by atoms with Gasteiger partial charge in [-0.1, -0.05) is 45.2 Å². The minimum Gasteiger partial charge on any atom is -0.465 e. The molecule has 148 valence electrons. The molecule has 1 fully saturated rings. The molecule has 2 atom stereocenters. The normalized spacial score (nSPS) is 18.0. The van der Waals surface area contributed by atoms with Crippen LogP contribution in [-0.2, 0) is 4.74 Å². The lowest BCUT2D eigenvalue weighted by atomic mass is 9.97. The highest BCUT2D eigenvalue weighted by Crippen LogP contribution is 2.28. The maximum Gasteiger partial charge on any atom is 0.197 e. The summed E-state index contributed by atoms with van der Waals surface area (Å²) in [5.74, 6) is 2.61. The lowest BCUT2D eigenvalue weighted by molar-refractivity contribution is -0.0602. The predicted molar refractivity (Wildman–Crippen MR) is 113 cm³/mol. The van der Waals surface area contributed by atoms with Crippen molar-refractivity contribution < 1.29 is 9.47 Å². The van der Waals surface area contributed by atoms with Crippen LogP contribution in [0.25, 0.3) is 0 Å². The Hall–Kier alpha value is -0.710. The molecule has 0 amide bonds. The molecule has 1 aliphatic rings. The molecule has 0 bridgehead atoms. The highest BCUT2D eigenvalue weighted by molar-refractivity contribution is 7.99. The lowest BCUT2D eigenvalue weighted by Gasteiger charge is -2.22. The fourth-order valence-corrected chi connectivity index (χ4v) is 4.75. The van der Waals surface area contributed by atoms with Crippen LogP contribution >= 0.6 is 11.8 Å². The maximum absolute atomic E-state index is 5.90. The average Bonchev–Trinajstić information content (AvgIpc) is 2.65. The molecule has 0 heterocycles. The summed E-state index contributed by atoms with van der Waals surface area (Å²) in [5.41, 5.74) is 1.31. The minimum absolute atomic E-state index is 0.205. The van der Waals surface area contributed by atoms with Crippen molar-refractivity contribution in [1.29, 1.82) is 0 Å². The highest BCUT2D eigenvalue weighted by atomic mass is 32.2. The zero-order valence-electron chi connectivity index (χ0n) is 17.0. The predicted octanol–water partition coefficient (Wildman–Crippen LogP) is 5.80. The van der Waals surface area contributed by atoms with E-state index in [4.69, 9.17) is 9.47 Å². The van der Waals surface area contributed by atoms with Crippen molar-refractivity contribution in [2.45, 2.75) is 76.9 Å². The number of thioether (sulfide) groups is 1. The third-order valence-corrected chi connectivity index (χ3v) is 6.33. The highest BCUT2D eigenvalue weighted by Gasteiger charge is 2.14. The molecular formula is C22H37NO2S. The summed E-state index contributed by atoms with van der Waals surface area (Å²) in [7, 11) is 2.03. The van der Waals surface area contributed by atoms with Crippen molar-refractivity contribution in [3.05, 3.63) is 29.8 Å². The molecule has 3 nitrogen and oxygen atoms in total. The molecule has 1 aromatic carbocycles. The summed E-state index contributed by atoms with van der Waals surface area (Å²) in [4.78, 5) is 0. The van der Waals surface area contributed by atoms with Gasteiger partial charge in [0, 0.05) is 17.0 Å². The first-order valence-corrected chi connectivity index (χ1v) is 11.3. The molecule has 1 N–H and O–H groups in total. The summed E-state index contributed by atoms with van der Waals surface area (Å²) in [6.45, 7) is 7.26. The van der Waals surface area contributed by atoms with Crippen molar-refractivity contribution in [1.82, 2.24) is 5.32 Å². The van der Waals surface area contributed by atoms with Gasteiger partial charge in [-0.25, -0.2) is 0 Å². The van der Waals surface area contributed by atoms with Crippen LogP contribution in [0.4, 0.5) is 0 Å². The number of nitrogens with one attached hydrogen (secondary N) is 1. The molecule has 4 heteroatoms. The number of hydrogen-bond donors (Lipinski definition) is 1. The monoisotopic (exact) mass is 379 g/mol. The van der Waals surface area contributed by atoms with E-state index in [1.54, 1.807) is 0 Å². The van der Waals surface area contributed by atoms with E-state index >= 15 is 0 Å². The average molecular weight is 380 g/mol. The van der Waals surface area contributed by atoms with Crippen LogP contribution < -0.4 is 10.1 Å². The fourth-order valence-electron chi connectivity index (χ4n) is 3.56. The van der Waals surface area contributed by atoms with E-state index in [2.05, 4.69) is 55.2 Å². The van der Waals surface area contributed by atoms with E-state index < -0.39 is 0 Å². The van der Waals surface area contributed by atoms with Crippen LogP contribution in [0.15, 0.2) is 24.3 Å². The van der Waals surface area contributed by atoms with Gasteiger partial charge in [0.15, 0.2) is 6.29 Å². The van der Waals surface area contributed by atoms with Crippen LogP contribution in [0, 0.1) is 5.92 Å². The Morgan fingerprint density at radius 1 is 1.08 bits per heavy atom. The molecular weight excluding hydrogens is 342 g/mol. The molecule has 0 radical (unpaired) electrons. The van der Waals surface area contributed by atoms with E-state index in [1.165, 1.54) is 37.7 Å². The summed E-state index contributed by atoms with van der Waals surface area (Å²) >= 11 is 2.07. The van der Waals surface area contributed by atoms with E-state index in [-0.39, 0.29) is 6.29 Å². The van der Waals surface area contributed by atoms with Gasteiger partial charge in [0.1, 0.15) is 5.75 Å². The minimum atomic E-state index is -0.205. The second-order valence-electron chi connectivity index (χ2n) is 7.73. The third kappa shape index (κ3) is 7.89. The summed E-state index contributed by atoms with van der Waals surface area (Å²) in [6, 6.07) is 8.82. The molecule has 0 aromatic heterocycles. The molecule has 1 aliphatic carbocycles. The maximum atomic E-state index is 5.90. The molecule has 1 aromatic rings. The van der Waals surface area contributed by atoms with Gasteiger partial charge in [0.05, 0.1) is 6.61 Å². The number of hydrogen-bond acceptors (Lipinski definition) is 4. The van der Waals surface area contributed by atoms with Gasteiger partial charge in [-0.15, -0.1) is 0 Å². The summed E-state index contributed by atoms with van der Waals surface area (Å²) in [5, 5.41) is 4.25. The van der Waals surface area contributed by atoms with Gasteiger partial charge in [0.2, 0.25) is 0 Å². The topological polar surface area (TPSA) is 30.5 Å². The standard InChI is InChI=1S/C22H37NO2S/c1-17(2)16-22(23-4)19-10-12-20(13-11-19)25-18(3)24-14-15-26-21-8-6-5-7-9-21/h10-13,17-18,21-23H,5-9,14-16H2,1-4H3. The van der Waals surface area contributed by atoms with Crippen molar-refractivity contribution >= 4 is 11.8 Å². The first-order valence-electron chi connectivity index (χ1n) is 10.3. The van der Waals surface area contributed by atoms with Crippen molar-refractivity contribution in [3.63, 3.8) is 0 Å². The van der Waals surface area contributed by atoms with E-state index in [0.29, 0.717) is 12.0 Å². The van der Waals surface area contributed by atoms with Crippen molar-refractivity contribution in [3.8, 4) is 5.75 Å². The van der Waals surface area contributed by atoms with E-state index in [1.807, 2.05) is 14.0 Å². The Kier molecular flexibility index (Phi) is 9.87. The molecule has 2 rings (SSSR count). The molecule has 2 unspecified atom stereocenters. The largest absolute Gasteiger partial charge is 0.465 e. The van der Waals surface area contributed by atoms with Crippen LogP contribution in [0.3, 0.4) is 0 Å². The fraction of sp³-hybridized carbons (Fsp3) is 0.727. The van der Waals surface area contributed by atoms with Crippen LogP contribution in [0.1, 0.15) is 70.9 Å². The number of ether oxygens (including phenoxy) is 2. The second kappa shape index (κ2) is 11.9. The van der Waals surface area contributed by atoms with Gasteiger partial charge < -0.3 is 14.8 Å². The Labute approximate surface area is 164 Å². The first kappa shape index (κ1) is 21.6. The second-order valence-corrected chi connectivity index (χ2v) is 9.14. The van der Waals surface area contributed by atoms with Crippen LogP contribution in [-0.4, -0.2) is 30.9 Å². The quantitative estimate of drug-likeness (QED) is 0.389. The first-order chi connectivity index (χ1) is 12.6. The molecule has 26 heavy (non-hydrogen) atoms. The molecule has 0 aliphatic heterocycles.